The van der Waals surface area contributed by atoms with Gasteiger partial charge in [-0.25, -0.2) is 0 Å². The summed E-state index contributed by atoms with van der Waals surface area (Å²) in [6.45, 7) is 6.14. The van der Waals surface area contributed by atoms with Crippen LogP contribution in [0.5, 0.6) is 0 Å². The minimum atomic E-state index is -0.627. The van der Waals surface area contributed by atoms with E-state index in [2.05, 4.69) is 27.9 Å². The Morgan fingerprint density at radius 3 is 2.48 bits per heavy atom. The molecule has 0 saturated carbocycles. The number of nitrogens with one attached hydrogen (secondary N) is 1. The zero-order valence-electron chi connectivity index (χ0n) is 13.4. The van der Waals surface area contributed by atoms with Gasteiger partial charge in [-0.3, -0.25) is 9.59 Å². The van der Waals surface area contributed by atoms with E-state index in [1.54, 1.807) is 0 Å². The first-order valence-electron chi connectivity index (χ1n) is 7.38. The lowest BCUT2D eigenvalue weighted by atomic mass is 10.2. The lowest BCUT2D eigenvalue weighted by Gasteiger charge is -2.21. The Morgan fingerprint density at radius 2 is 1.87 bits per heavy atom. The molecular weight excluding hydrogens is 403 g/mol. The summed E-state index contributed by atoms with van der Waals surface area (Å²) in [4.78, 5) is 26.3. The molecule has 0 heterocycles. The first-order chi connectivity index (χ1) is 10.9. The summed E-state index contributed by atoms with van der Waals surface area (Å²) in [6.07, 6.45) is 0. The van der Waals surface area contributed by atoms with Crippen LogP contribution in [-0.2, 0) is 9.59 Å². The fourth-order valence-corrected chi connectivity index (χ4v) is 2.95. The molecule has 23 heavy (non-hydrogen) atoms. The quantitative estimate of drug-likeness (QED) is 0.603. The van der Waals surface area contributed by atoms with E-state index in [-0.39, 0.29) is 0 Å². The van der Waals surface area contributed by atoms with Crippen molar-refractivity contribution in [3.05, 3.63) is 57.2 Å². The zero-order valence-corrected chi connectivity index (χ0v) is 15.5. The average Bonchev–Trinajstić information content (AvgIpc) is 2.50. The molecule has 5 heteroatoms. The maximum absolute atomic E-state index is 12.5. The summed E-state index contributed by atoms with van der Waals surface area (Å²) in [5.74, 6) is -1.19. The van der Waals surface area contributed by atoms with E-state index < -0.39 is 11.8 Å². The fourth-order valence-electron chi connectivity index (χ4n) is 2.30. The standard InChI is InChI=1S/C18H19IN2O2/c1-4-21(15-7-5-6-12(2)10-15)18(23)17(22)20-16-9-8-14(19)11-13(16)3/h5-11H,4H2,1-3H3,(H,20,22). The zero-order chi connectivity index (χ0) is 17.0. The van der Waals surface area contributed by atoms with E-state index in [0.29, 0.717) is 12.2 Å². The molecule has 2 aromatic rings. The maximum atomic E-state index is 12.5. The molecule has 0 bridgehead atoms. The number of halogens is 1. The second-order valence-electron chi connectivity index (χ2n) is 5.30. The van der Waals surface area contributed by atoms with E-state index in [4.69, 9.17) is 0 Å². The molecule has 0 aliphatic carbocycles. The Balaban J connectivity index is 2.19. The number of rotatable bonds is 3. The molecule has 0 atom stereocenters. The van der Waals surface area contributed by atoms with Gasteiger partial charge < -0.3 is 10.2 Å². The molecule has 2 rings (SSSR count). The molecular formula is C18H19IN2O2. The van der Waals surface area contributed by atoms with Crippen LogP contribution in [0.4, 0.5) is 11.4 Å². The SMILES string of the molecule is CCN(C(=O)C(=O)Nc1ccc(I)cc1C)c1cccc(C)c1. The highest BCUT2D eigenvalue weighted by Gasteiger charge is 2.22. The second-order valence-corrected chi connectivity index (χ2v) is 6.55. The van der Waals surface area contributed by atoms with E-state index >= 15 is 0 Å². The third-order valence-corrected chi connectivity index (χ3v) is 4.18. The van der Waals surface area contributed by atoms with Gasteiger partial charge in [0.2, 0.25) is 0 Å². The number of nitrogens with zero attached hydrogens (tertiary/aromatic N) is 1. The second kappa shape index (κ2) is 7.59. The van der Waals surface area contributed by atoms with Gasteiger partial charge in [0, 0.05) is 21.5 Å². The van der Waals surface area contributed by atoms with Gasteiger partial charge in [-0.2, -0.15) is 0 Å². The Bertz CT molecular complexity index is 744. The predicted octanol–water partition coefficient (Wildman–Crippen LogP) is 3.90. The number of hydrogen-bond acceptors (Lipinski definition) is 2. The van der Waals surface area contributed by atoms with Crippen molar-refractivity contribution in [3.63, 3.8) is 0 Å². The minimum Gasteiger partial charge on any atom is -0.318 e. The molecule has 4 nitrogen and oxygen atoms in total. The molecule has 2 amide bonds. The number of aryl methyl sites for hydroxylation is 2. The number of likely N-dealkylation sites (N-methyl/N-ethyl adjacent to an activating group) is 1. The summed E-state index contributed by atoms with van der Waals surface area (Å²) in [5, 5.41) is 2.70. The van der Waals surface area contributed by atoms with Gasteiger partial charge >= 0.3 is 11.8 Å². The Morgan fingerprint density at radius 1 is 1.13 bits per heavy atom. The first kappa shape index (κ1) is 17.5. The van der Waals surface area contributed by atoms with Crippen molar-refractivity contribution < 1.29 is 9.59 Å². The number of benzene rings is 2. The number of carbonyl (C=O) groups excluding carboxylic acids is 2. The molecule has 2 aromatic carbocycles. The summed E-state index contributed by atoms with van der Waals surface area (Å²) < 4.78 is 1.08. The van der Waals surface area contributed by atoms with Gasteiger partial charge in [0.15, 0.2) is 0 Å². The topological polar surface area (TPSA) is 49.4 Å². The summed E-state index contributed by atoms with van der Waals surface area (Å²) in [6, 6.07) is 13.2. The van der Waals surface area contributed by atoms with Crippen LogP contribution in [-0.4, -0.2) is 18.4 Å². The van der Waals surface area contributed by atoms with Crippen molar-refractivity contribution >= 4 is 45.8 Å². The van der Waals surface area contributed by atoms with Gasteiger partial charge in [0.25, 0.3) is 0 Å². The molecule has 0 radical (unpaired) electrons. The van der Waals surface area contributed by atoms with Crippen LogP contribution in [0.15, 0.2) is 42.5 Å². The normalized spacial score (nSPS) is 10.3. The summed E-state index contributed by atoms with van der Waals surface area (Å²) >= 11 is 2.21. The molecule has 0 fully saturated rings. The molecule has 0 aliphatic rings. The van der Waals surface area contributed by atoms with Crippen LogP contribution < -0.4 is 10.2 Å². The van der Waals surface area contributed by atoms with Crippen molar-refractivity contribution in [1.82, 2.24) is 0 Å². The van der Waals surface area contributed by atoms with Crippen molar-refractivity contribution in [2.24, 2.45) is 0 Å². The Hall–Kier alpha value is -1.89. The third-order valence-electron chi connectivity index (χ3n) is 3.51. The van der Waals surface area contributed by atoms with Gasteiger partial charge in [-0.15, -0.1) is 0 Å². The van der Waals surface area contributed by atoms with Gasteiger partial charge in [-0.05, 0) is 84.8 Å². The van der Waals surface area contributed by atoms with Gasteiger partial charge in [-0.1, -0.05) is 12.1 Å². The smallest absolute Gasteiger partial charge is 0.316 e. The highest BCUT2D eigenvalue weighted by atomic mass is 127. The van der Waals surface area contributed by atoms with Crippen molar-refractivity contribution in [2.75, 3.05) is 16.8 Å². The van der Waals surface area contributed by atoms with Gasteiger partial charge in [0.1, 0.15) is 0 Å². The predicted molar refractivity (Wildman–Crippen MR) is 102 cm³/mol. The highest BCUT2D eigenvalue weighted by Crippen LogP contribution is 2.19. The summed E-state index contributed by atoms with van der Waals surface area (Å²) in [5.41, 5.74) is 3.36. The molecule has 0 spiro atoms. The fraction of sp³-hybridized carbons (Fsp3) is 0.222. The summed E-state index contributed by atoms with van der Waals surface area (Å²) in [7, 11) is 0. The molecule has 0 aromatic heterocycles. The average molecular weight is 422 g/mol. The molecule has 1 N–H and O–H groups in total. The lowest BCUT2D eigenvalue weighted by molar-refractivity contribution is -0.134. The number of hydrogen-bond donors (Lipinski definition) is 1. The van der Waals surface area contributed by atoms with Crippen molar-refractivity contribution in [1.29, 1.82) is 0 Å². The molecule has 0 unspecified atom stereocenters. The van der Waals surface area contributed by atoms with Crippen LogP contribution in [0.3, 0.4) is 0 Å². The highest BCUT2D eigenvalue weighted by molar-refractivity contribution is 14.1. The number of anilines is 2. The van der Waals surface area contributed by atoms with Crippen LogP contribution in [0.1, 0.15) is 18.1 Å². The largest absolute Gasteiger partial charge is 0.318 e. The van der Waals surface area contributed by atoms with E-state index in [0.717, 1.165) is 20.4 Å². The third kappa shape index (κ3) is 4.31. The van der Waals surface area contributed by atoms with Crippen LogP contribution in [0, 0.1) is 17.4 Å². The number of carbonyl (C=O) groups is 2. The monoisotopic (exact) mass is 422 g/mol. The maximum Gasteiger partial charge on any atom is 0.316 e. The van der Waals surface area contributed by atoms with Gasteiger partial charge in [0.05, 0.1) is 0 Å². The molecule has 120 valence electrons. The van der Waals surface area contributed by atoms with Crippen LogP contribution >= 0.6 is 22.6 Å². The first-order valence-corrected chi connectivity index (χ1v) is 8.46. The van der Waals surface area contributed by atoms with Crippen molar-refractivity contribution in [3.8, 4) is 0 Å². The van der Waals surface area contributed by atoms with Crippen LogP contribution in [0.2, 0.25) is 0 Å². The minimum absolute atomic E-state index is 0.432. The lowest BCUT2D eigenvalue weighted by Crippen LogP contribution is -2.39. The Labute approximate surface area is 150 Å². The number of amides is 2. The van der Waals surface area contributed by atoms with E-state index in [9.17, 15) is 9.59 Å². The Kier molecular flexibility index (Phi) is 5.76. The van der Waals surface area contributed by atoms with Crippen molar-refractivity contribution in [2.45, 2.75) is 20.8 Å². The molecule has 0 aliphatic heterocycles. The van der Waals surface area contributed by atoms with E-state index in [1.807, 2.05) is 63.2 Å². The van der Waals surface area contributed by atoms with Crippen LogP contribution in [0.25, 0.3) is 0 Å². The van der Waals surface area contributed by atoms with E-state index in [1.165, 1.54) is 4.90 Å². The molecule has 0 saturated heterocycles.